The molecule has 2 amide bonds. The number of anilines is 3. The maximum atomic E-state index is 13.6. The molecule has 34 heavy (non-hydrogen) atoms. The van der Waals surface area contributed by atoms with Gasteiger partial charge in [0.25, 0.3) is 11.8 Å². The van der Waals surface area contributed by atoms with Crippen molar-refractivity contribution < 1.29 is 19.1 Å². The number of hydrogen-bond acceptors (Lipinski definition) is 6. The molecule has 3 aromatic carbocycles. The fourth-order valence-electron chi connectivity index (χ4n) is 3.75. The first-order valence-corrected chi connectivity index (χ1v) is 11.0. The van der Waals surface area contributed by atoms with Gasteiger partial charge in [-0.15, -0.1) is 0 Å². The number of nitrogens with one attached hydrogen (secondary N) is 1. The van der Waals surface area contributed by atoms with Crippen molar-refractivity contribution in [3.05, 3.63) is 84.1 Å². The topological polar surface area (TPSA) is 71.1 Å². The lowest BCUT2D eigenvalue weighted by atomic mass is 10.0. The van der Waals surface area contributed by atoms with Crippen molar-refractivity contribution in [3.63, 3.8) is 0 Å². The molecule has 7 heteroatoms. The van der Waals surface area contributed by atoms with Gasteiger partial charge in [0.05, 0.1) is 25.0 Å². The SMILES string of the molecule is CCOc1ccc(N2C(=O)C(Nc3ccc(N(C)C)cc3)=C(c3ccc(OC)cc3)C2=O)cc1. The Kier molecular flexibility index (Phi) is 6.54. The van der Waals surface area contributed by atoms with Gasteiger partial charge in [0, 0.05) is 25.5 Å². The minimum absolute atomic E-state index is 0.224. The number of carbonyl (C=O) groups excluding carboxylic acids is 2. The molecule has 4 rings (SSSR count). The zero-order valence-electron chi connectivity index (χ0n) is 19.7. The van der Waals surface area contributed by atoms with E-state index >= 15 is 0 Å². The van der Waals surface area contributed by atoms with Crippen LogP contribution in [0.1, 0.15) is 12.5 Å². The van der Waals surface area contributed by atoms with Crippen LogP contribution in [0.15, 0.2) is 78.5 Å². The van der Waals surface area contributed by atoms with Crippen LogP contribution in [0.25, 0.3) is 5.57 Å². The van der Waals surface area contributed by atoms with E-state index in [-0.39, 0.29) is 5.70 Å². The van der Waals surface area contributed by atoms with E-state index in [0.717, 1.165) is 5.69 Å². The van der Waals surface area contributed by atoms with Crippen molar-refractivity contribution >= 4 is 34.4 Å². The molecule has 1 N–H and O–H groups in total. The highest BCUT2D eigenvalue weighted by atomic mass is 16.5. The summed E-state index contributed by atoms with van der Waals surface area (Å²) in [5.74, 6) is 0.523. The molecular weight excluding hydrogens is 430 g/mol. The summed E-state index contributed by atoms with van der Waals surface area (Å²) >= 11 is 0. The number of hydrogen-bond donors (Lipinski definition) is 1. The molecule has 1 aliphatic heterocycles. The van der Waals surface area contributed by atoms with Gasteiger partial charge in [-0.3, -0.25) is 9.59 Å². The van der Waals surface area contributed by atoms with Gasteiger partial charge in [-0.25, -0.2) is 4.90 Å². The number of amides is 2. The van der Waals surface area contributed by atoms with Crippen LogP contribution in [0.2, 0.25) is 0 Å². The van der Waals surface area contributed by atoms with Gasteiger partial charge in [-0.2, -0.15) is 0 Å². The Labute approximate surface area is 199 Å². The second-order valence-corrected chi connectivity index (χ2v) is 7.92. The van der Waals surface area contributed by atoms with Crippen LogP contribution in [-0.2, 0) is 9.59 Å². The van der Waals surface area contributed by atoms with E-state index < -0.39 is 11.8 Å². The molecule has 0 bridgehead atoms. The van der Waals surface area contributed by atoms with E-state index in [1.807, 2.05) is 50.2 Å². The Balaban J connectivity index is 1.73. The maximum absolute atomic E-state index is 13.6. The van der Waals surface area contributed by atoms with Crippen LogP contribution < -0.4 is 24.6 Å². The average molecular weight is 458 g/mol. The highest BCUT2D eigenvalue weighted by molar-refractivity contribution is 6.46. The second kappa shape index (κ2) is 9.70. The predicted octanol–water partition coefficient (Wildman–Crippen LogP) is 4.56. The van der Waals surface area contributed by atoms with Gasteiger partial charge in [-0.1, -0.05) is 12.1 Å². The van der Waals surface area contributed by atoms with Crippen LogP contribution in [0.3, 0.4) is 0 Å². The second-order valence-electron chi connectivity index (χ2n) is 7.92. The number of carbonyl (C=O) groups is 2. The molecule has 0 aliphatic carbocycles. The van der Waals surface area contributed by atoms with Gasteiger partial charge in [0.1, 0.15) is 17.2 Å². The van der Waals surface area contributed by atoms with Crippen molar-refractivity contribution in [1.82, 2.24) is 0 Å². The van der Waals surface area contributed by atoms with E-state index in [9.17, 15) is 9.59 Å². The molecular formula is C27H27N3O4. The number of ether oxygens (including phenoxy) is 2. The molecule has 0 unspecified atom stereocenters. The summed E-state index contributed by atoms with van der Waals surface area (Å²) in [5.41, 5.74) is 3.37. The van der Waals surface area contributed by atoms with Crippen molar-refractivity contribution in [2.75, 3.05) is 42.9 Å². The Bertz CT molecular complexity index is 1210. The third-order valence-corrected chi connectivity index (χ3v) is 5.52. The summed E-state index contributed by atoms with van der Waals surface area (Å²) in [6.07, 6.45) is 0. The number of imide groups is 1. The van der Waals surface area contributed by atoms with Crippen LogP contribution in [-0.4, -0.2) is 39.6 Å². The average Bonchev–Trinajstić information content (AvgIpc) is 3.09. The lowest BCUT2D eigenvalue weighted by Gasteiger charge is -2.16. The number of benzene rings is 3. The van der Waals surface area contributed by atoms with Crippen LogP contribution in [0.5, 0.6) is 11.5 Å². The van der Waals surface area contributed by atoms with Gasteiger partial charge in [0.2, 0.25) is 0 Å². The Hall–Kier alpha value is -4.26. The lowest BCUT2D eigenvalue weighted by Crippen LogP contribution is -2.32. The zero-order valence-corrected chi connectivity index (χ0v) is 19.7. The quantitative estimate of drug-likeness (QED) is 0.500. The summed E-state index contributed by atoms with van der Waals surface area (Å²) < 4.78 is 10.7. The Morgan fingerprint density at radius 2 is 1.44 bits per heavy atom. The minimum atomic E-state index is -0.420. The fourth-order valence-corrected chi connectivity index (χ4v) is 3.75. The smallest absolute Gasteiger partial charge is 0.282 e. The first-order chi connectivity index (χ1) is 16.4. The summed E-state index contributed by atoms with van der Waals surface area (Å²) in [4.78, 5) is 30.3. The largest absolute Gasteiger partial charge is 0.497 e. The van der Waals surface area contributed by atoms with E-state index in [1.165, 1.54) is 4.90 Å². The molecule has 0 radical (unpaired) electrons. The lowest BCUT2D eigenvalue weighted by molar-refractivity contribution is -0.120. The molecule has 0 saturated carbocycles. The monoisotopic (exact) mass is 457 g/mol. The molecule has 0 aromatic heterocycles. The molecule has 1 aliphatic rings. The minimum Gasteiger partial charge on any atom is -0.497 e. The number of rotatable bonds is 8. The molecule has 1 heterocycles. The van der Waals surface area contributed by atoms with Gasteiger partial charge in [0.15, 0.2) is 0 Å². The molecule has 174 valence electrons. The van der Waals surface area contributed by atoms with Gasteiger partial charge in [-0.05, 0) is 73.2 Å². The molecule has 0 spiro atoms. The van der Waals surface area contributed by atoms with Crippen LogP contribution in [0.4, 0.5) is 17.1 Å². The van der Waals surface area contributed by atoms with Gasteiger partial charge >= 0.3 is 0 Å². The van der Waals surface area contributed by atoms with Crippen molar-refractivity contribution in [2.24, 2.45) is 0 Å². The zero-order chi connectivity index (χ0) is 24.2. The predicted molar refractivity (Wildman–Crippen MR) is 134 cm³/mol. The van der Waals surface area contributed by atoms with E-state index in [0.29, 0.717) is 40.6 Å². The summed E-state index contributed by atoms with van der Waals surface area (Å²) in [5, 5.41) is 3.19. The molecule has 0 saturated heterocycles. The molecule has 0 atom stereocenters. The first kappa shape index (κ1) is 22.9. The normalized spacial score (nSPS) is 13.4. The van der Waals surface area contributed by atoms with E-state index in [1.54, 1.807) is 55.6 Å². The summed E-state index contributed by atoms with van der Waals surface area (Å²) in [6, 6.07) is 21.7. The summed E-state index contributed by atoms with van der Waals surface area (Å²) in [7, 11) is 5.50. The van der Waals surface area contributed by atoms with Gasteiger partial charge < -0.3 is 19.7 Å². The van der Waals surface area contributed by atoms with Crippen LogP contribution >= 0.6 is 0 Å². The van der Waals surface area contributed by atoms with Crippen molar-refractivity contribution in [1.29, 1.82) is 0 Å². The van der Waals surface area contributed by atoms with E-state index in [2.05, 4.69) is 5.32 Å². The highest BCUT2D eigenvalue weighted by Gasteiger charge is 2.40. The Morgan fingerprint density at radius 3 is 2.00 bits per heavy atom. The Morgan fingerprint density at radius 1 is 0.824 bits per heavy atom. The standard InChI is InChI=1S/C27H27N3O4/c1-5-34-23-16-12-21(13-17-23)30-26(31)24(18-6-14-22(33-4)15-7-18)25(27(30)32)28-19-8-10-20(11-9-19)29(2)3/h6-17,28H,5H2,1-4H3. The third-order valence-electron chi connectivity index (χ3n) is 5.52. The van der Waals surface area contributed by atoms with Crippen LogP contribution in [0, 0.1) is 0 Å². The summed E-state index contributed by atoms with van der Waals surface area (Å²) in [6.45, 7) is 2.43. The molecule has 0 fully saturated rings. The maximum Gasteiger partial charge on any atom is 0.282 e. The highest BCUT2D eigenvalue weighted by Crippen LogP contribution is 2.35. The molecule has 7 nitrogen and oxygen atoms in total. The van der Waals surface area contributed by atoms with E-state index in [4.69, 9.17) is 9.47 Å². The third kappa shape index (κ3) is 4.45. The number of methoxy groups -OCH3 is 1. The molecule has 3 aromatic rings. The number of nitrogens with zero attached hydrogens (tertiary/aromatic N) is 2. The first-order valence-electron chi connectivity index (χ1n) is 11.0. The van der Waals surface area contributed by atoms with Crippen molar-refractivity contribution in [2.45, 2.75) is 6.92 Å². The van der Waals surface area contributed by atoms with Crippen molar-refractivity contribution in [3.8, 4) is 11.5 Å². The fraction of sp³-hybridized carbons (Fsp3) is 0.185.